The summed E-state index contributed by atoms with van der Waals surface area (Å²) in [6.45, 7) is 1.75. The van der Waals surface area contributed by atoms with Crippen molar-refractivity contribution in [2.45, 2.75) is 13.1 Å². The monoisotopic (exact) mass is 435 g/mol. The van der Waals surface area contributed by atoms with E-state index in [2.05, 4.69) is 10.2 Å². The molecule has 3 N–H and O–H groups in total. The number of H-pyrrole nitrogens is 1. The lowest BCUT2D eigenvalue weighted by Crippen LogP contribution is -2.10. The van der Waals surface area contributed by atoms with E-state index in [-0.39, 0.29) is 15.6 Å². The Morgan fingerprint density at radius 3 is 2.40 bits per heavy atom. The minimum atomic E-state index is -4.62. The molecule has 108 valence electrons. The molecule has 3 nitrogen and oxygen atoms in total. The molecule has 0 aliphatic carbocycles. The van der Waals surface area contributed by atoms with Crippen LogP contribution in [0.25, 0.3) is 11.3 Å². The Bertz CT molecular complexity index is 683. The quantitative estimate of drug-likeness (QED) is 0.494. The molecule has 0 fully saturated rings. The number of hydrogen-bond acceptors (Lipinski definition) is 2. The zero-order chi connectivity index (χ0) is 15.2. The van der Waals surface area contributed by atoms with Crippen molar-refractivity contribution >= 4 is 51.5 Å². The number of nitrogens with two attached hydrogens (primary N) is 1. The van der Waals surface area contributed by atoms with Crippen LogP contribution in [-0.2, 0) is 6.18 Å². The molecular weight excluding hydrogens is 429 g/mol. The summed E-state index contributed by atoms with van der Waals surface area (Å²) in [4.78, 5) is 0. The molecule has 1 aromatic carbocycles. The molecule has 2 rings (SSSR count). The minimum Gasteiger partial charge on any atom is -0.397 e. The van der Waals surface area contributed by atoms with Crippen LogP contribution in [0, 0.1) is 10.5 Å². The van der Waals surface area contributed by atoms with Gasteiger partial charge in [0, 0.05) is 5.56 Å². The Hall–Kier alpha value is -0.670. The Kier molecular flexibility index (Phi) is 4.14. The summed E-state index contributed by atoms with van der Waals surface area (Å²) in [6, 6.07) is 0.768. The summed E-state index contributed by atoms with van der Waals surface area (Å²) in [5, 5.41) is 6.27. The van der Waals surface area contributed by atoms with E-state index < -0.39 is 17.4 Å². The van der Waals surface area contributed by atoms with E-state index in [1.165, 1.54) is 0 Å². The minimum absolute atomic E-state index is 0.141. The summed E-state index contributed by atoms with van der Waals surface area (Å²) in [5.74, 6) is 0. The molecule has 9 heteroatoms. The summed E-state index contributed by atoms with van der Waals surface area (Å²) in [7, 11) is 0. The number of aromatic amines is 1. The lowest BCUT2D eigenvalue weighted by atomic mass is 10.1. The number of nitrogens with zero attached hydrogens (tertiary/aromatic N) is 1. The van der Waals surface area contributed by atoms with Crippen LogP contribution in [0.15, 0.2) is 6.07 Å². The summed E-state index contributed by atoms with van der Waals surface area (Å²) >= 11 is 13.9. The van der Waals surface area contributed by atoms with E-state index in [0.29, 0.717) is 15.0 Å². The van der Waals surface area contributed by atoms with Crippen molar-refractivity contribution in [3.63, 3.8) is 0 Å². The first kappa shape index (κ1) is 15.7. The van der Waals surface area contributed by atoms with Gasteiger partial charge in [0.1, 0.15) is 0 Å². The molecule has 20 heavy (non-hydrogen) atoms. The van der Waals surface area contributed by atoms with Crippen LogP contribution in [0.5, 0.6) is 0 Å². The number of nitrogens with one attached hydrogen (secondary N) is 1. The molecular formula is C11H7Cl2F3IN3. The highest BCUT2D eigenvalue weighted by molar-refractivity contribution is 14.1. The molecule has 0 saturated heterocycles. The number of hydrogen-bond donors (Lipinski definition) is 2. The van der Waals surface area contributed by atoms with Crippen molar-refractivity contribution in [2.75, 3.05) is 5.73 Å². The predicted octanol–water partition coefficient (Wildman–Crippen LogP) is 4.90. The van der Waals surface area contributed by atoms with Gasteiger partial charge in [0.2, 0.25) is 0 Å². The van der Waals surface area contributed by atoms with E-state index in [4.69, 9.17) is 28.9 Å². The SMILES string of the molecule is Cc1n[nH]c(-c2c(Cl)cc(C(F)(F)F)c(N)c2Cl)c1I. The highest BCUT2D eigenvalue weighted by Crippen LogP contribution is 2.45. The van der Waals surface area contributed by atoms with Crippen LogP contribution in [0.2, 0.25) is 10.0 Å². The molecule has 0 atom stereocenters. The third-order valence-electron chi connectivity index (χ3n) is 2.68. The van der Waals surface area contributed by atoms with Crippen LogP contribution in [0.4, 0.5) is 18.9 Å². The normalized spacial score (nSPS) is 11.9. The van der Waals surface area contributed by atoms with Crippen molar-refractivity contribution < 1.29 is 13.2 Å². The first-order valence-electron chi connectivity index (χ1n) is 5.20. The molecule has 0 saturated carbocycles. The van der Waals surface area contributed by atoms with E-state index in [1.54, 1.807) is 6.92 Å². The number of aromatic nitrogens is 2. The second kappa shape index (κ2) is 5.27. The highest BCUT2D eigenvalue weighted by Gasteiger charge is 2.35. The average molecular weight is 436 g/mol. The second-order valence-electron chi connectivity index (χ2n) is 4.00. The molecule has 0 aliphatic rings. The summed E-state index contributed by atoms with van der Waals surface area (Å²) < 4.78 is 39.1. The third kappa shape index (κ3) is 2.58. The number of anilines is 1. The fraction of sp³-hybridized carbons (Fsp3) is 0.182. The van der Waals surface area contributed by atoms with Gasteiger partial charge < -0.3 is 5.73 Å². The van der Waals surface area contributed by atoms with E-state index in [9.17, 15) is 13.2 Å². The van der Waals surface area contributed by atoms with Gasteiger partial charge in [0.15, 0.2) is 0 Å². The number of benzene rings is 1. The molecule has 0 spiro atoms. The Morgan fingerprint density at radius 2 is 1.95 bits per heavy atom. The van der Waals surface area contributed by atoms with Gasteiger partial charge in [-0.2, -0.15) is 18.3 Å². The van der Waals surface area contributed by atoms with E-state index in [1.807, 2.05) is 22.6 Å². The summed E-state index contributed by atoms with van der Waals surface area (Å²) in [6.07, 6.45) is -4.62. The van der Waals surface area contributed by atoms with Gasteiger partial charge in [-0.3, -0.25) is 5.10 Å². The van der Waals surface area contributed by atoms with Gasteiger partial charge in [0.05, 0.1) is 36.3 Å². The number of halogens is 6. The number of rotatable bonds is 1. The zero-order valence-electron chi connectivity index (χ0n) is 9.87. The van der Waals surface area contributed by atoms with Crippen molar-refractivity contribution in [2.24, 2.45) is 0 Å². The lowest BCUT2D eigenvalue weighted by Gasteiger charge is -2.15. The van der Waals surface area contributed by atoms with Crippen LogP contribution in [0.1, 0.15) is 11.3 Å². The topological polar surface area (TPSA) is 54.7 Å². The molecule has 0 radical (unpaired) electrons. The molecule has 0 amide bonds. The van der Waals surface area contributed by atoms with Gasteiger partial charge in [0.25, 0.3) is 0 Å². The smallest absolute Gasteiger partial charge is 0.397 e. The van der Waals surface area contributed by atoms with Gasteiger partial charge in [-0.15, -0.1) is 0 Å². The molecule has 2 aromatic rings. The van der Waals surface area contributed by atoms with Crippen LogP contribution < -0.4 is 5.73 Å². The van der Waals surface area contributed by atoms with Crippen LogP contribution >= 0.6 is 45.8 Å². The largest absolute Gasteiger partial charge is 0.418 e. The maximum Gasteiger partial charge on any atom is 0.418 e. The fourth-order valence-corrected chi connectivity index (χ4v) is 2.84. The van der Waals surface area contributed by atoms with Crippen molar-refractivity contribution in [1.82, 2.24) is 10.2 Å². The van der Waals surface area contributed by atoms with Crippen molar-refractivity contribution in [3.05, 3.63) is 30.9 Å². The van der Waals surface area contributed by atoms with E-state index in [0.717, 1.165) is 6.07 Å². The van der Waals surface area contributed by atoms with E-state index >= 15 is 0 Å². The highest BCUT2D eigenvalue weighted by atomic mass is 127. The Balaban J connectivity index is 2.75. The molecule has 0 unspecified atom stereocenters. The lowest BCUT2D eigenvalue weighted by molar-refractivity contribution is -0.136. The van der Waals surface area contributed by atoms with Crippen molar-refractivity contribution in [1.29, 1.82) is 0 Å². The number of aryl methyl sites for hydroxylation is 1. The third-order valence-corrected chi connectivity index (χ3v) is 4.69. The first-order chi connectivity index (χ1) is 9.14. The maximum atomic E-state index is 12.8. The standard InChI is InChI=1S/C11H7Cl2F3IN3/c1-3-8(17)10(20-19-3)6-5(12)2-4(11(14,15)16)9(18)7(6)13/h2H,18H2,1H3,(H,19,20). The Morgan fingerprint density at radius 1 is 1.35 bits per heavy atom. The first-order valence-corrected chi connectivity index (χ1v) is 7.03. The molecule has 0 bridgehead atoms. The number of alkyl halides is 3. The zero-order valence-corrected chi connectivity index (χ0v) is 13.5. The predicted molar refractivity (Wildman–Crippen MR) is 80.9 cm³/mol. The second-order valence-corrected chi connectivity index (χ2v) is 5.87. The van der Waals surface area contributed by atoms with Gasteiger partial charge in [-0.25, -0.2) is 0 Å². The molecule has 1 aromatic heterocycles. The van der Waals surface area contributed by atoms with Gasteiger partial charge in [-0.05, 0) is 35.6 Å². The summed E-state index contributed by atoms with van der Waals surface area (Å²) in [5.41, 5.74) is 5.22. The Labute approximate surface area is 135 Å². The number of nitrogen functional groups attached to an aromatic ring is 1. The fourth-order valence-electron chi connectivity index (χ4n) is 1.68. The van der Waals surface area contributed by atoms with Crippen molar-refractivity contribution in [3.8, 4) is 11.3 Å². The maximum absolute atomic E-state index is 12.8. The van der Waals surface area contributed by atoms with Crippen LogP contribution in [0.3, 0.4) is 0 Å². The van der Waals surface area contributed by atoms with Gasteiger partial charge >= 0.3 is 6.18 Å². The molecule has 0 aliphatic heterocycles. The van der Waals surface area contributed by atoms with Crippen LogP contribution in [-0.4, -0.2) is 10.2 Å². The van der Waals surface area contributed by atoms with Gasteiger partial charge in [-0.1, -0.05) is 23.2 Å². The average Bonchev–Trinajstić information content (AvgIpc) is 2.65. The molecule has 1 heterocycles.